The lowest BCUT2D eigenvalue weighted by atomic mass is 9.64. The number of halogens is 2. The third kappa shape index (κ3) is 2.57. The Hall–Kier alpha value is -1.01. The van der Waals surface area contributed by atoms with Crippen LogP contribution < -0.4 is 9.62 Å². The van der Waals surface area contributed by atoms with Gasteiger partial charge in [-0.1, -0.05) is 42.1 Å². The zero-order chi connectivity index (χ0) is 20.6. The molecule has 29 heavy (non-hydrogen) atoms. The van der Waals surface area contributed by atoms with E-state index < -0.39 is 17.4 Å². The molecule has 0 saturated carbocycles. The molecule has 1 amide bonds. The number of hydrogen-bond donors (Lipinski definition) is 1. The summed E-state index contributed by atoms with van der Waals surface area (Å²) in [6.45, 7) is 4.67. The highest BCUT2D eigenvalue weighted by Crippen LogP contribution is 2.65. The summed E-state index contributed by atoms with van der Waals surface area (Å²) >= 11 is 14.2. The SMILES string of the molecule is CCSNC1CC2(C)OC13CCOC1C3C2C(=O)N1c1cc(Cl)c(C#N)c(Cl)c1. The highest BCUT2D eigenvalue weighted by atomic mass is 35.5. The molecule has 1 spiro atoms. The van der Waals surface area contributed by atoms with Crippen LogP contribution in [-0.4, -0.2) is 41.7 Å². The van der Waals surface area contributed by atoms with E-state index in [2.05, 4.69) is 11.6 Å². The summed E-state index contributed by atoms with van der Waals surface area (Å²) in [5.74, 6) is 0.603. The summed E-state index contributed by atoms with van der Waals surface area (Å²) in [4.78, 5) is 15.3. The standard InChI is InChI=1S/C20H21Cl2N3O3S/c1-3-29-24-14-8-19(2)15-16-18(27-5-4-20(14,16)28-19)25(17(15)26)10-6-12(21)11(9-23)13(22)7-10/h6-7,14-16,18,24H,3-5,8H2,1-2H3. The fourth-order valence-corrected chi connectivity index (χ4v) is 7.06. The van der Waals surface area contributed by atoms with Crippen molar-refractivity contribution in [2.24, 2.45) is 11.8 Å². The maximum atomic E-state index is 13.6. The molecule has 6 nitrogen and oxygen atoms in total. The molecule has 154 valence electrons. The lowest BCUT2D eigenvalue weighted by molar-refractivity contribution is -0.142. The molecule has 6 atom stereocenters. The van der Waals surface area contributed by atoms with Crippen LogP contribution >= 0.6 is 35.1 Å². The summed E-state index contributed by atoms with van der Waals surface area (Å²) in [5, 5.41) is 9.70. The number of anilines is 1. The van der Waals surface area contributed by atoms with Gasteiger partial charge in [0, 0.05) is 29.8 Å². The van der Waals surface area contributed by atoms with E-state index in [4.69, 9.17) is 32.7 Å². The second-order valence-electron chi connectivity index (χ2n) is 8.30. The minimum Gasteiger partial charge on any atom is -0.366 e. The summed E-state index contributed by atoms with van der Waals surface area (Å²) in [6, 6.07) is 5.43. The average Bonchev–Trinajstić information content (AvgIpc) is 3.23. The third-order valence-corrected chi connectivity index (χ3v) is 8.17. The van der Waals surface area contributed by atoms with E-state index in [1.165, 1.54) is 0 Å². The van der Waals surface area contributed by atoms with Crippen LogP contribution in [0.25, 0.3) is 0 Å². The number of ether oxygens (including phenoxy) is 2. The number of hydrogen-bond acceptors (Lipinski definition) is 6. The van der Waals surface area contributed by atoms with Crippen molar-refractivity contribution in [1.29, 1.82) is 5.26 Å². The van der Waals surface area contributed by atoms with Crippen LogP contribution in [0.15, 0.2) is 12.1 Å². The normalized spacial score (nSPS) is 39.7. The Balaban J connectivity index is 1.57. The third-order valence-electron chi connectivity index (χ3n) is 6.84. The first-order chi connectivity index (χ1) is 13.9. The molecule has 1 aromatic rings. The number of carbonyl (C=O) groups is 1. The van der Waals surface area contributed by atoms with Gasteiger partial charge in [-0.25, -0.2) is 0 Å². The highest BCUT2D eigenvalue weighted by Gasteiger charge is 2.78. The molecule has 4 aliphatic heterocycles. The van der Waals surface area contributed by atoms with Gasteiger partial charge in [-0.3, -0.25) is 14.4 Å². The van der Waals surface area contributed by atoms with Crippen molar-refractivity contribution in [3.05, 3.63) is 27.7 Å². The van der Waals surface area contributed by atoms with Gasteiger partial charge in [-0.15, -0.1) is 0 Å². The maximum absolute atomic E-state index is 13.6. The van der Waals surface area contributed by atoms with E-state index in [1.54, 1.807) is 29.0 Å². The summed E-state index contributed by atoms with van der Waals surface area (Å²) in [5.41, 5.74) is -0.180. The van der Waals surface area contributed by atoms with Crippen molar-refractivity contribution < 1.29 is 14.3 Å². The topological polar surface area (TPSA) is 74.6 Å². The van der Waals surface area contributed by atoms with Crippen molar-refractivity contribution in [1.82, 2.24) is 4.72 Å². The van der Waals surface area contributed by atoms with Gasteiger partial charge in [0.05, 0.1) is 39.3 Å². The van der Waals surface area contributed by atoms with Crippen molar-refractivity contribution in [3.8, 4) is 6.07 Å². The molecule has 4 saturated heterocycles. The van der Waals surface area contributed by atoms with Gasteiger partial charge in [0.1, 0.15) is 12.3 Å². The van der Waals surface area contributed by atoms with Gasteiger partial charge in [0.25, 0.3) is 0 Å². The summed E-state index contributed by atoms with van der Waals surface area (Å²) in [7, 11) is 0. The summed E-state index contributed by atoms with van der Waals surface area (Å²) in [6.07, 6.45) is 1.12. The number of amides is 1. The number of fused-ring (bicyclic) bond motifs is 2. The Morgan fingerprint density at radius 2 is 2.14 bits per heavy atom. The van der Waals surface area contributed by atoms with E-state index >= 15 is 0 Å². The number of rotatable bonds is 4. The van der Waals surface area contributed by atoms with Crippen molar-refractivity contribution in [3.63, 3.8) is 0 Å². The molecule has 4 fully saturated rings. The van der Waals surface area contributed by atoms with Gasteiger partial charge in [-0.05, 0) is 25.5 Å². The van der Waals surface area contributed by atoms with E-state index in [9.17, 15) is 10.1 Å². The molecule has 0 aliphatic carbocycles. The lowest BCUT2D eigenvalue weighted by Gasteiger charge is -2.45. The second kappa shape index (κ2) is 6.74. The number of nitriles is 1. The minimum atomic E-state index is -0.533. The molecule has 1 aromatic carbocycles. The Kier molecular flexibility index (Phi) is 4.63. The molecule has 4 heterocycles. The monoisotopic (exact) mass is 453 g/mol. The molecule has 1 N–H and O–H groups in total. The van der Waals surface area contributed by atoms with Crippen molar-refractivity contribution >= 4 is 46.7 Å². The van der Waals surface area contributed by atoms with Gasteiger partial charge < -0.3 is 9.47 Å². The molecule has 9 heteroatoms. The predicted octanol–water partition coefficient (Wildman–Crippen LogP) is 3.75. The fourth-order valence-electron chi connectivity index (χ4n) is 5.85. The largest absolute Gasteiger partial charge is 0.366 e. The van der Waals surface area contributed by atoms with Gasteiger partial charge >= 0.3 is 0 Å². The van der Waals surface area contributed by atoms with Crippen LogP contribution in [0.5, 0.6) is 0 Å². The second-order valence-corrected chi connectivity index (χ2v) is 10.2. The van der Waals surface area contributed by atoms with Gasteiger partial charge in [0.15, 0.2) is 0 Å². The number of nitrogens with zero attached hydrogens (tertiary/aromatic N) is 2. The Morgan fingerprint density at radius 1 is 1.41 bits per heavy atom. The highest BCUT2D eigenvalue weighted by molar-refractivity contribution is 7.97. The van der Waals surface area contributed by atoms with E-state index in [0.29, 0.717) is 12.3 Å². The molecule has 4 aliphatic rings. The van der Waals surface area contributed by atoms with Crippen LogP contribution in [0.1, 0.15) is 32.3 Å². The van der Waals surface area contributed by atoms with Crippen LogP contribution in [0.4, 0.5) is 5.69 Å². The fraction of sp³-hybridized carbons (Fsp3) is 0.600. The molecule has 0 radical (unpaired) electrons. The molecule has 2 bridgehead atoms. The first-order valence-electron chi connectivity index (χ1n) is 9.77. The first-order valence-corrected chi connectivity index (χ1v) is 11.5. The van der Waals surface area contributed by atoms with E-state index in [-0.39, 0.29) is 39.4 Å². The number of carbonyl (C=O) groups excluding carboxylic acids is 1. The summed E-state index contributed by atoms with van der Waals surface area (Å²) < 4.78 is 16.4. The smallest absolute Gasteiger partial charge is 0.235 e. The zero-order valence-electron chi connectivity index (χ0n) is 16.1. The predicted molar refractivity (Wildman–Crippen MR) is 112 cm³/mol. The van der Waals surface area contributed by atoms with Crippen LogP contribution in [0.2, 0.25) is 10.0 Å². The van der Waals surface area contributed by atoms with E-state index in [1.807, 2.05) is 13.0 Å². The molecule has 6 unspecified atom stereocenters. The number of benzene rings is 1. The first kappa shape index (κ1) is 19.9. The van der Waals surface area contributed by atoms with Gasteiger partial charge in [-0.2, -0.15) is 5.26 Å². The molecular weight excluding hydrogens is 433 g/mol. The zero-order valence-corrected chi connectivity index (χ0v) is 18.4. The van der Waals surface area contributed by atoms with Crippen LogP contribution in [0.3, 0.4) is 0 Å². The Bertz CT molecular complexity index is 917. The van der Waals surface area contributed by atoms with Crippen molar-refractivity contribution in [2.45, 2.75) is 50.2 Å². The average molecular weight is 454 g/mol. The van der Waals surface area contributed by atoms with Crippen molar-refractivity contribution in [2.75, 3.05) is 17.3 Å². The Labute approximate surface area is 183 Å². The van der Waals surface area contributed by atoms with Gasteiger partial charge in [0.2, 0.25) is 5.91 Å². The number of nitrogens with one attached hydrogen (secondary N) is 1. The van der Waals surface area contributed by atoms with E-state index in [0.717, 1.165) is 18.6 Å². The van der Waals surface area contributed by atoms with Crippen LogP contribution in [-0.2, 0) is 14.3 Å². The Morgan fingerprint density at radius 3 is 2.79 bits per heavy atom. The maximum Gasteiger partial charge on any atom is 0.235 e. The lowest BCUT2D eigenvalue weighted by Crippen LogP contribution is -2.60. The molecular formula is C20H21Cl2N3O3S. The van der Waals surface area contributed by atoms with Crippen LogP contribution in [0, 0.1) is 23.2 Å². The molecule has 0 aromatic heterocycles. The minimum absolute atomic E-state index is 0.0234. The molecule has 5 rings (SSSR count). The quantitative estimate of drug-likeness (QED) is 0.699.